The Hall–Kier alpha value is -1.32. The highest BCUT2D eigenvalue weighted by molar-refractivity contribution is 6.31. The minimum absolute atomic E-state index is 0.248. The van der Waals surface area contributed by atoms with E-state index in [0.717, 1.165) is 11.1 Å². The van der Waals surface area contributed by atoms with Gasteiger partial charge >= 0.3 is 0 Å². The molecule has 0 heterocycles. The van der Waals surface area contributed by atoms with Crippen molar-refractivity contribution < 1.29 is 9.90 Å². The van der Waals surface area contributed by atoms with Crippen LogP contribution in [-0.2, 0) is 4.79 Å². The van der Waals surface area contributed by atoms with Crippen molar-refractivity contribution in [2.75, 3.05) is 0 Å². The first kappa shape index (κ1) is 15.7. The Labute approximate surface area is 119 Å². The fourth-order valence-corrected chi connectivity index (χ4v) is 1.54. The van der Waals surface area contributed by atoms with Crippen molar-refractivity contribution in [3.05, 3.63) is 40.4 Å². The molecular formula is C15H20ClNO2. The fourth-order valence-electron chi connectivity index (χ4n) is 1.35. The minimum atomic E-state index is -0.660. The quantitative estimate of drug-likeness (QED) is 0.834. The van der Waals surface area contributed by atoms with Crippen LogP contribution in [0.15, 0.2) is 24.3 Å². The van der Waals surface area contributed by atoms with Gasteiger partial charge in [-0.15, -0.1) is 0 Å². The van der Waals surface area contributed by atoms with Gasteiger partial charge in [-0.05, 0) is 51.0 Å². The third-order valence-electron chi connectivity index (χ3n) is 3.11. The fraction of sp³-hybridized carbons (Fsp3) is 0.400. The van der Waals surface area contributed by atoms with Crippen LogP contribution in [0, 0.1) is 6.92 Å². The SMILES string of the molecule is Cc1ccc(/C=C/C(=O)NC(C)(C)C(C)O)cc1Cl. The van der Waals surface area contributed by atoms with Gasteiger partial charge in [-0.3, -0.25) is 4.79 Å². The summed E-state index contributed by atoms with van der Waals surface area (Å²) in [6, 6.07) is 5.60. The van der Waals surface area contributed by atoms with Crippen LogP contribution in [0.1, 0.15) is 31.9 Å². The molecule has 104 valence electrons. The first-order valence-corrected chi connectivity index (χ1v) is 6.54. The summed E-state index contributed by atoms with van der Waals surface area (Å²) < 4.78 is 0. The highest BCUT2D eigenvalue weighted by Crippen LogP contribution is 2.17. The Balaban J connectivity index is 2.71. The third kappa shape index (κ3) is 4.69. The zero-order valence-electron chi connectivity index (χ0n) is 11.7. The number of carbonyl (C=O) groups is 1. The van der Waals surface area contributed by atoms with Crippen molar-refractivity contribution in [1.82, 2.24) is 5.32 Å². The van der Waals surface area contributed by atoms with E-state index in [-0.39, 0.29) is 5.91 Å². The molecule has 0 saturated carbocycles. The van der Waals surface area contributed by atoms with Crippen LogP contribution in [0.2, 0.25) is 5.02 Å². The molecule has 1 atom stereocenters. The van der Waals surface area contributed by atoms with Crippen molar-refractivity contribution >= 4 is 23.6 Å². The summed E-state index contributed by atoms with van der Waals surface area (Å²) in [5, 5.41) is 12.9. The van der Waals surface area contributed by atoms with E-state index < -0.39 is 11.6 Å². The minimum Gasteiger partial charge on any atom is -0.391 e. The van der Waals surface area contributed by atoms with E-state index >= 15 is 0 Å². The second-order valence-electron chi connectivity index (χ2n) is 5.23. The molecule has 0 aliphatic heterocycles. The Kier molecular flexibility index (Phi) is 5.15. The number of amides is 1. The molecule has 19 heavy (non-hydrogen) atoms. The smallest absolute Gasteiger partial charge is 0.244 e. The number of halogens is 1. The van der Waals surface area contributed by atoms with E-state index in [1.54, 1.807) is 32.9 Å². The lowest BCUT2D eigenvalue weighted by Gasteiger charge is -2.28. The molecule has 0 radical (unpaired) electrons. The van der Waals surface area contributed by atoms with Crippen LogP contribution in [0.4, 0.5) is 0 Å². The zero-order chi connectivity index (χ0) is 14.6. The predicted molar refractivity (Wildman–Crippen MR) is 79.1 cm³/mol. The summed E-state index contributed by atoms with van der Waals surface area (Å²) in [4.78, 5) is 11.7. The predicted octanol–water partition coefficient (Wildman–Crippen LogP) is 2.94. The molecular weight excluding hydrogens is 262 g/mol. The third-order valence-corrected chi connectivity index (χ3v) is 3.52. The highest BCUT2D eigenvalue weighted by atomic mass is 35.5. The Morgan fingerprint density at radius 2 is 2.11 bits per heavy atom. The number of aliphatic hydroxyl groups excluding tert-OH is 1. The molecule has 0 aliphatic carbocycles. The number of nitrogens with one attached hydrogen (secondary N) is 1. The molecule has 0 spiro atoms. The topological polar surface area (TPSA) is 49.3 Å². The molecule has 1 aromatic rings. The van der Waals surface area contributed by atoms with Crippen LogP contribution in [0.5, 0.6) is 0 Å². The van der Waals surface area contributed by atoms with Gasteiger partial charge in [-0.2, -0.15) is 0 Å². The normalized spacial score (nSPS) is 13.6. The standard InChI is InChI=1S/C15H20ClNO2/c1-10-5-6-12(9-13(10)16)7-8-14(19)17-15(3,4)11(2)18/h5-9,11,18H,1-4H3,(H,17,19)/b8-7+. The maximum absolute atomic E-state index is 11.7. The summed E-state index contributed by atoms with van der Waals surface area (Å²) in [5.74, 6) is -0.248. The van der Waals surface area contributed by atoms with Gasteiger partial charge in [-0.25, -0.2) is 0 Å². The summed E-state index contributed by atoms with van der Waals surface area (Å²) in [7, 11) is 0. The number of aryl methyl sites for hydroxylation is 1. The average molecular weight is 282 g/mol. The molecule has 1 amide bonds. The molecule has 0 aromatic heterocycles. The van der Waals surface area contributed by atoms with E-state index in [9.17, 15) is 9.90 Å². The zero-order valence-corrected chi connectivity index (χ0v) is 12.5. The monoisotopic (exact) mass is 281 g/mol. The van der Waals surface area contributed by atoms with Gasteiger partial charge in [-0.1, -0.05) is 23.7 Å². The first-order chi connectivity index (χ1) is 8.72. The van der Waals surface area contributed by atoms with Gasteiger partial charge in [0.15, 0.2) is 0 Å². The Bertz CT molecular complexity index is 493. The van der Waals surface area contributed by atoms with Crippen LogP contribution < -0.4 is 5.32 Å². The van der Waals surface area contributed by atoms with Crippen LogP contribution in [0.25, 0.3) is 6.08 Å². The Morgan fingerprint density at radius 3 is 2.63 bits per heavy atom. The largest absolute Gasteiger partial charge is 0.391 e. The van der Waals surface area contributed by atoms with Crippen LogP contribution >= 0.6 is 11.6 Å². The molecule has 0 saturated heterocycles. The lowest BCUT2D eigenvalue weighted by Crippen LogP contribution is -2.50. The van der Waals surface area contributed by atoms with Crippen molar-refractivity contribution in [2.24, 2.45) is 0 Å². The summed E-state index contributed by atoms with van der Waals surface area (Å²) in [5.41, 5.74) is 1.20. The number of carbonyl (C=O) groups excluding carboxylic acids is 1. The number of benzene rings is 1. The molecule has 2 N–H and O–H groups in total. The molecule has 1 aromatic carbocycles. The average Bonchev–Trinajstić information content (AvgIpc) is 2.30. The van der Waals surface area contributed by atoms with Gasteiger partial charge in [0.05, 0.1) is 11.6 Å². The van der Waals surface area contributed by atoms with E-state index in [1.165, 1.54) is 6.08 Å². The summed E-state index contributed by atoms with van der Waals surface area (Å²) >= 11 is 6.01. The van der Waals surface area contributed by atoms with Gasteiger partial charge < -0.3 is 10.4 Å². The van der Waals surface area contributed by atoms with Gasteiger partial charge in [0.25, 0.3) is 0 Å². The number of hydrogen-bond acceptors (Lipinski definition) is 2. The van der Waals surface area contributed by atoms with Crippen molar-refractivity contribution in [2.45, 2.75) is 39.3 Å². The first-order valence-electron chi connectivity index (χ1n) is 6.17. The number of aliphatic hydroxyl groups is 1. The number of rotatable bonds is 4. The van der Waals surface area contributed by atoms with Gasteiger partial charge in [0.2, 0.25) is 5.91 Å². The van der Waals surface area contributed by atoms with Crippen molar-refractivity contribution in [3.63, 3.8) is 0 Å². The lowest BCUT2D eigenvalue weighted by molar-refractivity contribution is -0.119. The van der Waals surface area contributed by atoms with E-state index in [1.807, 2.05) is 19.1 Å². The summed E-state index contributed by atoms with van der Waals surface area (Å²) in [6.45, 7) is 7.11. The Morgan fingerprint density at radius 1 is 1.47 bits per heavy atom. The van der Waals surface area contributed by atoms with E-state index in [0.29, 0.717) is 5.02 Å². The van der Waals surface area contributed by atoms with Gasteiger partial charge in [0, 0.05) is 11.1 Å². The summed E-state index contributed by atoms with van der Waals surface area (Å²) in [6.07, 6.45) is 2.50. The number of hydrogen-bond donors (Lipinski definition) is 2. The molecule has 0 fully saturated rings. The maximum atomic E-state index is 11.7. The van der Waals surface area contributed by atoms with Crippen molar-refractivity contribution in [3.8, 4) is 0 Å². The second kappa shape index (κ2) is 6.22. The molecule has 0 aliphatic rings. The maximum Gasteiger partial charge on any atom is 0.244 e. The van der Waals surface area contributed by atoms with Crippen molar-refractivity contribution in [1.29, 1.82) is 0 Å². The molecule has 0 bridgehead atoms. The van der Waals surface area contributed by atoms with E-state index in [4.69, 9.17) is 11.6 Å². The molecule has 1 unspecified atom stereocenters. The lowest BCUT2D eigenvalue weighted by atomic mass is 9.99. The second-order valence-corrected chi connectivity index (χ2v) is 5.64. The molecule has 4 heteroatoms. The molecule has 3 nitrogen and oxygen atoms in total. The molecule has 1 rings (SSSR count). The van der Waals surface area contributed by atoms with E-state index in [2.05, 4.69) is 5.32 Å². The van der Waals surface area contributed by atoms with Crippen LogP contribution in [-0.4, -0.2) is 22.7 Å². The highest BCUT2D eigenvalue weighted by Gasteiger charge is 2.24. The van der Waals surface area contributed by atoms with Gasteiger partial charge in [0.1, 0.15) is 0 Å². The van der Waals surface area contributed by atoms with Crippen LogP contribution in [0.3, 0.4) is 0 Å².